The Labute approximate surface area is 182 Å². The first-order valence-corrected chi connectivity index (χ1v) is 11.4. The van der Waals surface area contributed by atoms with E-state index < -0.39 is 21.0 Å². The molecule has 0 fully saturated rings. The van der Waals surface area contributed by atoms with E-state index in [-0.39, 0.29) is 17.2 Å². The van der Waals surface area contributed by atoms with Crippen molar-refractivity contribution in [1.82, 2.24) is 0 Å². The number of rotatable bonds is 7. The van der Waals surface area contributed by atoms with Gasteiger partial charge in [-0.1, -0.05) is 0 Å². The third-order valence-electron chi connectivity index (χ3n) is 5.29. The van der Waals surface area contributed by atoms with E-state index in [1.165, 1.54) is 34.1 Å². The van der Waals surface area contributed by atoms with E-state index in [0.717, 1.165) is 11.3 Å². The Kier molecular flexibility index (Phi) is 6.54. The summed E-state index contributed by atoms with van der Waals surface area (Å²) in [6.07, 6.45) is 0.392. The van der Waals surface area contributed by atoms with Gasteiger partial charge in [0.1, 0.15) is 11.5 Å². The molecule has 0 aliphatic carbocycles. The summed E-state index contributed by atoms with van der Waals surface area (Å²) >= 11 is 0. The highest BCUT2D eigenvalue weighted by molar-refractivity contribution is 7.92. The van der Waals surface area contributed by atoms with Gasteiger partial charge in [0.2, 0.25) is 11.8 Å². The molecule has 0 saturated heterocycles. The van der Waals surface area contributed by atoms with Crippen molar-refractivity contribution in [1.29, 1.82) is 0 Å². The summed E-state index contributed by atoms with van der Waals surface area (Å²) in [5.41, 5.74) is 2.01. The molecule has 2 aromatic rings. The lowest BCUT2D eigenvalue weighted by atomic mass is 10.2. The minimum atomic E-state index is -3.72. The van der Waals surface area contributed by atoms with E-state index >= 15 is 0 Å². The number of ether oxygens (including phenoxy) is 2. The highest BCUT2D eigenvalue weighted by Gasteiger charge is 2.29. The van der Waals surface area contributed by atoms with Crippen molar-refractivity contribution in [3.8, 4) is 11.5 Å². The van der Waals surface area contributed by atoms with Gasteiger partial charge in [-0.2, -0.15) is 0 Å². The first-order valence-electron chi connectivity index (χ1n) is 9.83. The summed E-state index contributed by atoms with van der Waals surface area (Å²) in [6.45, 7) is 3.53. The molecule has 166 valence electrons. The Morgan fingerprint density at radius 3 is 2.32 bits per heavy atom. The van der Waals surface area contributed by atoms with Gasteiger partial charge >= 0.3 is 0 Å². The maximum absolute atomic E-state index is 13.0. The second kappa shape index (κ2) is 8.97. The van der Waals surface area contributed by atoms with Gasteiger partial charge in [0.05, 0.1) is 24.4 Å². The molecule has 0 saturated carbocycles. The number of fused-ring (bicyclic) bond motifs is 1. The van der Waals surface area contributed by atoms with Crippen molar-refractivity contribution >= 4 is 33.0 Å². The van der Waals surface area contributed by atoms with E-state index in [9.17, 15) is 18.0 Å². The third kappa shape index (κ3) is 4.82. The number of methoxy groups -OCH3 is 2. The zero-order chi connectivity index (χ0) is 22.8. The fraction of sp³-hybridized carbons (Fsp3) is 0.364. The molecule has 9 heteroatoms. The fourth-order valence-electron chi connectivity index (χ4n) is 3.58. The van der Waals surface area contributed by atoms with Gasteiger partial charge in [0.15, 0.2) is 9.84 Å². The van der Waals surface area contributed by atoms with E-state index in [4.69, 9.17) is 9.47 Å². The monoisotopic (exact) mass is 446 g/mol. The molecule has 31 heavy (non-hydrogen) atoms. The first-order chi connectivity index (χ1) is 14.6. The third-order valence-corrected chi connectivity index (χ3v) is 7.43. The van der Waals surface area contributed by atoms with Crippen molar-refractivity contribution in [2.45, 2.75) is 36.8 Å². The number of amides is 2. The van der Waals surface area contributed by atoms with E-state index in [1.54, 1.807) is 35.2 Å². The van der Waals surface area contributed by atoms with Crippen molar-refractivity contribution in [3.05, 3.63) is 42.0 Å². The van der Waals surface area contributed by atoms with Gasteiger partial charge in [-0.3, -0.25) is 9.59 Å². The summed E-state index contributed by atoms with van der Waals surface area (Å²) in [5, 5.41) is 1.77. The fourth-order valence-corrected chi connectivity index (χ4v) is 4.98. The van der Waals surface area contributed by atoms with Crippen molar-refractivity contribution in [2.75, 3.05) is 31.0 Å². The van der Waals surface area contributed by atoms with Gasteiger partial charge in [-0.25, -0.2) is 8.42 Å². The van der Waals surface area contributed by atoms with Crippen molar-refractivity contribution < 1.29 is 27.5 Å². The van der Waals surface area contributed by atoms with Crippen LogP contribution in [0.25, 0.3) is 0 Å². The molecule has 1 aliphatic heterocycles. The largest absolute Gasteiger partial charge is 0.497 e. The van der Waals surface area contributed by atoms with Crippen LogP contribution in [-0.4, -0.2) is 46.2 Å². The molecule has 2 aromatic carbocycles. The second-order valence-electron chi connectivity index (χ2n) is 7.42. The number of hydrogen-bond donors (Lipinski definition) is 1. The van der Waals surface area contributed by atoms with Crippen LogP contribution in [0.4, 0.5) is 11.4 Å². The molecule has 3 rings (SSSR count). The molecule has 0 bridgehead atoms. The zero-order valence-electron chi connectivity index (χ0n) is 18.0. The smallest absolute Gasteiger partial charge is 0.225 e. The predicted octanol–water partition coefficient (Wildman–Crippen LogP) is 2.80. The van der Waals surface area contributed by atoms with Gasteiger partial charge in [-0.05, 0) is 37.1 Å². The maximum Gasteiger partial charge on any atom is 0.225 e. The van der Waals surface area contributed by atoms with Crippen molar-refractivity contribution in [3.63, 3.8) is 0 Å². The number of nitrogens with zero attached hydrogens (tertiary/aromatic N) is 1. The Morgan fingerprint density at radius 2 is 1.74 bits per heavy atom. The van der Waals surface area contributed by atoms with Gasteiger partial charge in [-0.15, -0.1) is 0 Å². The Bertz CT molecular complexity index is 1090. The number of anilines is 2. The molecular formula is C22H26N2O6S. The molecule has 1 unspecified atom stereocenters. The topological polar surface area (TPSA) is 102 Å². The van der Waals surface area contributed by atoms with Crippen LogP contribution in [0.5, 0.6) is 11.5 Å². The molecule has 0 aromatic heterocycles. The summed E-state index contributed by atoms with van der Waals surface area (Å²) in [6, 6.07) is 9.68. The number of carbonyl (C=O) groups is 2. The van der Waals surface area contributed by atoms with E-state index in [1.807, 2.05) is 0 Å². The van der Waals surface area contributed by atoms with Crippen LogP contribution in [0.1, 0.15) is 25.8 Å². The quantitative estimate of drug-likeness (QED) is 0.702. The van der Waals surface area contributed by atoms with Gasteiger partial charge in [0.25, 0.3) is 0 Å². The maximum atomic E-state index is 13.0. The number of benzene rings is 2. The van der Waals surface area contributed by atoms with Crippen LogP contribution < -0.4 is 19.7 Å². The van der Waals surface area contributed by atoms with Gasteiger partial charge < -0.3 is 19.7 Å². The highest BCUT2D eigenvalue weighted by Crippen LogP contribution is 2.32. The lowest BCUT2D eigenvalue weighted by molar-refractivity contribution is -0.117. The van der Waals surface area contributed by atoms with Crippen LogP contribution in [0.15, 0.2) is 41.3 Å². The summed E-state index contributed by atoms with van der Waals surface area (Å²) in [4.78, 5) is 26.0. The average molecular weight is 447 g/mol. The molecule has 1 heterocycles. The molecule has 1 atom stereocenters. The van der Waals surface area contributed by atoms with Crippen LogP contribution in [0.3, 0.4) is 0 Å². The Hall–Kier alpha value is -3.07. The molecule has 1 N–H and O–H groups in total. The minimum Gasteiger partial charge on any atom is -0.497 e. The average Bonchev–Trinajstić information content (AvgIpc) is 3.16. The number of carbonyl (C=O) groups excluding carboxylic acids is 2. The number of nitrogens with one attached hydrogen (secondary N) is 1. The van der Waals surface area contributed by atoms with Crippen LogP contribution in [0, 0.1) is 0 Å². The minimum absolute atomic E-state index is 0.0754. The molecule has 1 aliphatic rings. The molecule has 2 amide bonds. The first kappa shape index (κ1) is 22.6. The summed E-state index contributed by atoms with van der Waals surface area (Å²) in [7, 11) is -0.722. The lowest BCUT2D eigenvalue weighted by Gasteiger charge is -2.17. The lowest BCUT2D eigenvalue weighted by Crippen LogP contribution is -2.26. The normalized spacial score (nSPS) is 14.0. The Morgan fingerprint density at radius 1 is 1.10 bits per heavy atom. The zero-order valence-corrected chi connectivity index (χ0v) is 18.8. The van der Waals surface area contributed by atoms with Crippen LogP contribution in [0.2, 0.25) is 0 Å². The van der Waals surface area contributed by atoms with Crippen molar-refractivity contribution in [2.24, 2.45) is 0 Å². The standard InChI is InChI=1S/C22H26N2O6S/c1-14(9-22(26)23-17-11-18(29-3)13-19(12-17)30-4)31(27,28)20-5-6-21-16(10-20)7-8-24(21)15(2)25/h5-6,10-14H,7-9H2,1-4H3,(H,23,26). The van der Waals surface area contributed by atoms with E-state index in [2.05, 4.69) is 5.32 Å². The highest BCUT2D eigenvalue weighted by atomic mass is 32.2. The van der Waals surface area contributed by atoms with Gasteiger partial charge in [0, 0.05) is 49.5 Å². The molecule has 0 spiro atoms. The SMILES string of the molecule is COc1cc(NC(=O)CC(C)S(=O)(=O)c2ccc3c(c2)CCN3C(C)=O)cc(OC)c1. The number of hydrogen-bond acceptors (Lipinski definition) is 6. The second-order valence-corrected chi connectivity index (χ2v) is 9.79. The molecule has 0 radical (unpaired) electrons. The molecule has 8 nitrogen and oxygen atoms in total. The molecular weight excluding hydrogens is 420 g/mol. The predicted molar refractivity (Wildman–Crippen MR) is 118 cm³/mol. The summed E-state index contributed by atoms with van der Waals surface area (Å²) in [5.74, 6) is 0.505. The van der Waals surface area contributed by atoms with E-state index in [0.29, 0.717) is 30.2 Å². The summed E-state index contributed by atoms with van der Waals surface area (Å²) < 4.78 is 36.4. The number of sulfone groups is 1. The van der Waals surface area contributed by atoms with Crippen LogP contribution >= 0.6 is 0 Å². The van der Waals surface area contributed by atoms with Crippen LogP contribution in [-0.2, 0) is 25.8 Å². The Balaban J connectivity index is 1.73.